The Balaban J connectivity index is 0.000000426. The van der Waals surface area contributed by atoms with E-state index in [9.17, 15) is 31.1 Å². The number of ether oxygens (including phenoxy) is 1. The van der Waals surface area contributed by atoms with Crippen molar-refractivity contribution in [3.8, 4) is 0 Å². The fourth-order valence-electron chi connectivity index (χ4n) is 3.05. The highest BCUT2D eigenvalue weighted by atomic mass is 32.1. The Labute approximate surface area is 217 Å². The monoisotopic (exact) mass is 576 g/mol. The van der Waals surface area contributed by atoms with Crippen LogP contribution in [0.15, 0.2) is 23.8 Å². The van der Waals surface area contributed by atoms with Crippen LogP contribution in [0.3, 0.4) is 0 Å². The molecule has 0 saturated heterocycles. The molecule has 1 aliphatic rings. The summed E-state index contributed by atoms with van der Waals surface area (Å²) in [7, 11) is 5.52. The number of alkyl halides is 6. The van der Waals surface area contributed by atoms with Gasteiger partial charge in [-0.15, -0.1) is 11.3 Å². The molecule has 3 rings (SSSR count). The third-order valence-electron chi connectivity index (χ3n) is 4.88. The summed E-state index contributed by atoms with van der Waals surface area (Å²) >= 11 is 1.77. The van der Waals surface area contributed by atoms with Crippen molar-refractivity contribution in [1.29, 1.82) is 0 Å². The topological polar surface area (TPSA) is 125 Å². The molecule has 1 unspecified atom stereocenters. The Morgan fingerprint density at radius 2 is 1.68 bits per heavy atom. The lowest BCUT2D eigenvalue weighted by Gasteiger charge is -2.35. The zero-order valence-corrected chi connectivity index (χ0v) is 21.2. The van der Waals surface area contributed by atoms with Gasteiger partial charge < -0.3 is 24.4 Å². The summed E-state index contributed by atoms with van der Waals surface area (Å²) < 4.78 is 71.3. The van der Waals surface area contributed by atoms with E-state index in [0.29, 0.717) is 6.61 Å². The van der Waals surface area contributed by atoms with Crippen LogP contribution in [0.1, 0.15) is 22.3 Å². The van der Waals surface area contributed by atoms with Crippen molar-refractivity contribution >= 4 is 29.2 Å². The third-order valence-corrected chi connectivity index (χ3v) is 5.74. The molecule has 0 radical (unpaired) electrons. The van der Waals surface area contributed by atoms with Gasteiger partial charge in [0.15, 0.2) is 0 Å². The van der Waals surface area contributed by atoms with E-state index in [0.717, 1.165) is 25.2 Å². The molecule has 3 heterocycles. The van der Waals surface area contributed by atoms with Gasteiger partial charge in [0.2, 0.25) is 5.91 Å². The van der Waals surface area contributed by atoms with Crippen molar-refractivity contribution in [2.24, 2.45) is 7.05 Å². The van der Waals surface area contributed by atoms with Gasteiger partial charge in [-0.3, -0.25) is 9.69 Å². The molecule has 214 valence electrons. The number of amides is 1. The van der Waals surface area contributed by atoms with Crippen LogP contribution >= 0.6 is 11.3 Å². The molecule has 0 aliphatic carbocycles. The summed E-state index contributed by atoms with van der Waals surface area (Å²) in [6.45, 7) is 2.47. The Morgan fingerprint density at radius 1 is 1.13 bits per heavy atom. The first-order chi connectivity index (χ1) is 17.4. The summed E-state index contributed by atoms with van der Waals surface area (Å²) in [6.07, 6.45) is -7.34. The molecule has 2 aromatic rings. The minimum Gasteiger partial charge on any atom is -0.475 e. The third kappa shape index (κ3) is 10.7. The smallest absolute Gasteiger partial charge is 0.475 e. The van der Waals surface area contributed by atoms with Crippen LogP contribution in [-0.4, -0.2) is 93.6 Å². The van der Waals surface area contributed by atoms with Crippen molar-refractivity contribution in [1.82, 2.24) is 19.4 Å². The first kappa shape index (κ1) is 32.8. The zero-order chi connectivity index (χ0) is 29.3. The first-order valence-corrected chi connectivity index (χ1v) is 11.5. The van der Waals surface area contributed by atoms with Crippen LogP contribution in [-0.2, 0) is 39.1 Å². The maximum absolute atomic E-state index is 11.8. The van der Waals surface area contributed by atoms with E-state index in [1.807, 2.05) is 13.4 Å². The number of imidazole rings is 1. The average molecular weight is 577 g/mol. The molecule has 1 atom stereocenters. The number of aliphatic carboxylic acids is 2. The largest absolute Gasteiger partial charge is 0.490 e. The second-order valence-corrected chi connectivity index (χ2v) is 8.94. The minimum absolute atomic E-state index is 0.0131. The highest BCUT2D eigenvalue weighted by molar-refractivity contribution is 7.09. The number of halogens is 6. The number of carboxylic acid groups (broad SMARTS) is 2. The molecule has 2 aromatic heterocycles. The number of carboxylic acids is 2. The van der Waals surface area contributed by atoms with E-state index in [-0.39, 0.29) is 18.6 Å². The van der Waals surface area contributed by atoms with Crippen molar-refractivity contribution in [3.63, 3.8) is 0 Å². The van der Waals surface area contributed by atoms with Gasteiger partial charge >= 0.3 is 24.3 Å². The molecule has 0 fully saturated rings. The number of likely N-dealkylation sites (N-methyl/N-ethyl adjacent to an activating group) is 1. The molecule has 17 heteroatoms. The Hall–Kier alpha value is -3.18. The Kier molecular flexibility index (Phi) is 12.2. The highest BCUT2D eigenvalue weighted by Gasteiger charge is 2.39. The van der Waals surface area contributed by atoms with E-state index < -0.39 is 24.3 Å². The van der Waals surface area contributed by atoms with Crippen molar-refractivity contribution in [3.05, 3.63) is 40.1 Å². The highest BCUT2D eigenvalue weighted by Crippen LogP contribution is 2.31. The molecule has 0 aromatic carbocycles. The molecule has 0 bridgehead atoms. The second kappa shape index (κ2) is 14.1. The van der Waals surface area contributed by atoms with Crippen molar-refractivity contribution in [2.45, 2.75) is 31.4 Å². The van der Waals surface area contributed by atoms with Gasteiger partial charge in [0.05, 0.1) is 30.4 Å². The number of carbonyl (C=O) groups excluding carboxylic acids is 1. The van der Waals surface area contributed by atoms with Gasteiger partial charge in [0.25, 0.3) is 0 Å². The van der Waals surface area contributed by atoms with E-state index in [1.165, 1.54) is 10.6 Å². The lowest BCUT2D eigenvalue weighted by atomic mass is 10.0. The number of thiophene rings is 1. The number of carbonyl (C=O) groups is 3. The van der Waals surface area contributed by atoms with Gasteiger partial charge in [0, 0.05) is 45.5 Å². The molecular formula is C21H26F6N4O6S. The Bertz CT molecular complexity index is 1030. The van der Waals surface area contributed by atoms with E-state index in [4.69, 9.17) is 24.5 Å². The van der Waals surface area contributed by atoms with Crippen LogP contribution in [0.2, 0.25) is 0 Å². The van der Waals surface area contributed by atoms with Gasteiger partial charge in [-0.2, -0.15) is 26.3 Å². The maximum Gasteiger partial charge on any atom is 0.490 e. The van der Waals surface area contributed by atoms with Gasteiger partial charge in [0.1, 0.15) is 6.61 Å². The summed E-state index contributed by atoms with van der Waals surface area (Å²) in [5.41, 5.74) is 2.35. The maximum atomic E-state index is 11.8. The summed E-state index contributed by atoms with van der Waals surface area (Å²) in [6, 6.07) is 4.37. The summed E-state index contributed by atoms with van der Waals surface area (Å²) in [5, 5.41) is 16.4. The number of fused-ring (bicyclic) bond motifs is 1. The van der Waals surface area contributed by atoms with E-state index in [1.54, 1.807) is 30.3 Å². The molecule has 0 spiro atoms. The number of rotatable bonds is 6. The Morgan fingerprint density at radius 3 is 2.13 bits per heavy atom. The predicted molar refractivity (Wildman–Crippen MR) is 121 cm³/mol. The first-order valence-electron chi connectivity index (χ1n) is 10.6. The number of aromatic nitrogens is 2. The van der Waals surface area contributed by atoms with Crippen LogP contribution in [0.4, 0.5) is 26.3 Å². The molecule has 2 N–H and O–H groups in total. The minimum atomic E-state index is -5.08. The molecule has 38 heavy (non-hydrogen) atoms. The fourth-order valence-corrected chi connectivity index (χ4v) is 3.78. The average Bonchev–Trinajstić information content (AvgIpc) is 3.44. The van der Waals surface area contributed by atoms with Crippen LogP contribution in [0, 0.1) is 0 Å². The normalized spacial score (nSPS) is 15.3. The summed E-state index contributed by atoms with van der Waals surface area (Å²) in [5.74, 6) is -5.53. The molecule has 0 saturated carbocycles. The number of nitrogens with zero attached hydrogens (tertiary/aromatic N) is 4. The second-order valence-electron chi connectivity index (χ2n) is 7.91. The SMILES string of the molecule is CN(C)C(=O)COCC1c2c(ncn2C)CCN1Cc1cccs1.O=C(O)C(F)(F)F.O=C(O)C(F)(F)F. The number of hydrogen-bond donors (Lipinski definition) is 2. The van der Waals surface area contributed by atoms with Gasteiger partial charge in [-0.25, -0.2) is 14.6 Å². The van der Waals surface area contributed by atoms with Gasteiger partial charge in [-0.05, 0) is 11.4 Å². The molecule has 10 nitrogen and oxygen atoms in total. The van der Waals surface area contributed by atoms with Crippen LogP contribution in [0.5, 0.6) is 0 Å². The standard InChI is InChI=1S/C17H24N4O2S.2C2HF3O2/c1-19(2)16(22)11-23-10-15-17-14(18-12-20(17)3)6-7-21(15)9-13-5-4-8-24-13;2*3-2(4,5)1(6)7/h4-5,8,12,15H,6-7,9-11H2,1-3H3;2*(H,6,7). The lowest BCUT2D eigenvalue weighted by Crippen LogP contribution is -2.39. The van der Waals surface area contributed by atoms with Crippen molar-refractivity contribution in [2.75, 3.05) is 33.9 Å². The van der Waals surface area contributed by atoms with E-state index >= 15 is 0 Å². The quantitative estimate of drug-likeness (QED) is 0.503. The van der Waals surface area contributed by atoms with Gasteiger partial charge in [-0.1, -0.05) is 6.07 Å². The van der Waals surface area contributed by atoms with Crippen LogP contribution in [0.25, 0.3) is 0 Å². The number of hydrogen-bond acceptors (Lipinski definition) is 7. The lowest BCUT2D eigenvalue weighted by molar-refractivity contribution is -0.193. The molecule has 1 amide bonds. The predicted octanol–water partition coefficient (Wildman–Crippen LogP) is 2.95. The van der Waals surface area contributed by atoms with E-state index in [2.05, 4.69) is 32.0 Å². The number of aryl methyl sites for hydroxylation is 1. The molecular weight excluding hydrogens is 550 g/mol. The summed E-state index contributed by atoms with van der Waals surface area (Å²) in [4.78, 5) is 39.4. The van der Waals surface area contributed by atoms with Crippen LogP contribution < -0.4 is 0 Å². The zero-order valence-electron chi connectivity index (χ0n) is 20.4. The fraction of sp³-hybridized carbons (Fsp3) is 0.524. The molecule has 1 aliphatic heterocycles. The van der Waals surface area contributed by atoms with Crippen molar-refractivity contribution < 1.29 is 55.7 Å².